The van der Waals surface area contributed by atoms with E-state index < -0.39 is 11.5 Å². The summed E-state index contributed by atoms with van der Waals surface area (Å²) in [6.45, 7) is 10.3. The second kappa shape index (κ2) is 8.10. The average molecular weight is 302 g/mol. The molecule has 22 heavy (non-hydrogen) atoms. The molecule has 0 fully saturated rings. The Morgan fingerprint density at radius 3 is 2.64 bits per heavy atom. The van der Waals surface area contributed by atoms with Gasteiger partial charge in [0.15, 0.2) is 5.78 Å². The molecule has 3 nitrogen and oxygen atoms in total. The largest absolute Gasteiger partial charge is 0.369 e. The minimum Gasteiger partial charge on any atom is -0.369 e. The Labute approximate surface area is 133 Å². The van der Waals surface area contributed by atoms with Crippen LogP contribution in [-0.4, -0.2) is 24.8 Å². The molecule has 1 unspecified atom stereocenters. The summed E-state index contributed by atoms with van der Waals surface area (Å²) >= 11 is 0. The molecule has 120 valence electrons. The second-order valence-corrected chi connectivity index (χ2v) is 6.28. The van der Waals surface area contributed by atoms with Gasteiger partial charge >= 0.3 is 0 Å². The van der Waals surface area contributed by atoms with E-state index >= 15 is 0 Å². The zero-order chi connectivity index (χ0) is 16.8. The number of rotatable bonds is 6. The highest BCUT2D eigenvalue weighted by atomic mass is 16.5. The third-order valence-corrected chi connectivity index (χ3v) is 4.02. The van der Waals surface area contributed by atoms with Crippen molar-refractivity contribution in [3.8, 4) is 11.8 Å². The molecule has 1 rings (SSSR count). The van der Waals surface area contributed by atoms with Crippen molar-refractivity contribution in [3.05, 3.63) is 22.8 Å². The van der Waals surface area contributed by atoms with Gasteiger partial charge in [0.25, 0.3) is 0 Å². The summed E-state index contributed by atoms with van der Waals surface area (Å²) in [6, 6.07) is 0. The van der Waals surface area contributed by atoms with Crippen LogP contribution in [0.5, 0.6) is 0 Å². The zero-order valence-corrected chi connectivity index (χ0v) is 14.3. The molecule has 0 aromatic carbocycles. The minimum atomic E-state index is -0.455. The van der Waals surface area contributed by atoms with Gasteiger partial charge in [-0.25, -0.2) is 0 Å². The van der Waals surface area contributed by atoms with Gasteiger partial charge in [0.2, 0.25) is 0 Å². The molecule has 0 heterocycles. The summed E-state index contributed by atoms with van der Waals surface area (Å²) < 4.78 is 5.86. The van der Waals surface area contributed by atoms with Gasteiger partial charge in [-0.3, -0.25) is 9.59 Å². The van der Waals surface area contributed by atoms with Gasteiger partial charge in [-0.1, -0.05) is 45.5 Å². The molecule has 3 heteroatoms. The second-order valence-electron chi connectivity index (χ2n) is 6.28. The van der Waals surface area contributed by atoms with E-state index in [1.807, 2.05) is 20.8 Å². The fourth-order valence-electron chi connectivity index (χ4n) is 2.66. The van der Waals surface area contributed by atoms with Crippen LogP contribution in [0.3, 0.4) is 0 Å². The van der Waals surface area contributed by atoms with Crippen molar-refractivity contribution in [3.63, 3.8) is 0 Å². The van der Waals surface area contributed by atoms with E-state index in [1.165, 1.54) is 6.08 Å². The number of ketones is 1. The van der Waals surface area contributed by atoms with Crippen LogP contribution in [0.25, 0.3) is 0 Å². The highest BCUT2D eigenvalue weighted by Gasteiger charge is 2.46. The SMILES string of the molecule is CCCCCOC1C(=O)C(C)=C(C#C/C(C)=C/C=O)C1(C)C. The molecule has 0 radical (unpaired) electrons. The van der Waals surface area contributed by atoms with Crippen LogP contribution in [0, 0.1) is 17.3 Å². The molecule has 0 bridgehead atoms. The van der Waals surface area contributed by atoms with Crippen LogP contribution < -0.4 is 0 Å². The van der Waals surface area contributed by atoms with Crippen molar-refractivity contribution >= 4 is 12.1 Å². The third-order valence-electron chi connectivity index (χ3n) is 4.02. The molecule has 1 aliphatic carbocycles. The van der Waals surface area contributed by atoms with Crippen LogP contribution in [0.15, 0.2) is 22.8 Å². The number of hydrogen-bond donors (Lipinski definition) is 0. The topological polar surface area (TPSA) is 43.4 Å². The number of hydrogen-bond acceptors (Lipinski definition) is 3. The summed E-state index contributed by atoms with van der Waals surface area (Å²) in [6.07, 6.45) is 4.89. The summed E-state index contributed by atoms with van der Waals surface area (Å²) in [7, 11) is 0. The van der Waals surface area contributed by atoms with Crippen molar-refractivity contribution in [1.82, 2.24) is 0 Å². The van der Waals surface area contributed by atoms with E-state index in [0.29, 0.717) is 17.8 Å². The Morgan fingerprint density at radius 2 is 2.05 bits per heavy atom. The van der Waals surface area contributed by atoms with Crippen LogP contribution in [0.4, 0.5) is 0 Å². The van der Waals surface area contributed by atoms with Gasteiger partial charge in [-0.05, 0) is 26.3 Å². The number of allylic oxidation sites excluding steroid dienone is 2. The highest BCUT2D eigenvalue weighted by Crippen LogP contribution is 2.41. The van der Waals surface area contributed by atoms with Gasteiger partial charge < -0.3 is 4.74 Å². The molecular weight excluding hydrogens is 276 g/mol. The predicted molar refractivity (Wildman–Crippen MR) is 88.4 cm³/mol. The number of aldehydes is 1. The maximum Gasteiger partial charge on any atom is 0.189 e. The first-order chi connectivity index (χ1) is 10.4. The Balaban J connectivity index is 2.92. The molecule has 0 aliphatic heterocycles. The summed E-state index contributed by atoms with van der Waals surface area (Å²) in [5.41, 5.74) is 1.75. The average Bonchev–Trinajstić information content (AvgIpc) is 2.61. The zero-order valence-electron chi connectivity index (χ0n) is 14.3. The van der Waals surface area contributed by atoms with E-state index in [9.17, 15) is 9.59 Å². The lowest BCUT2D eigenvalue weighted by atomic mass is 9.83. The lowest BCUT2D eigenvalue weighted by Crippen LogP contribution is -2.34. The van der Waals surface area contributed by atoms with Gasteiger partial charge in [0.05, 0.1) is 0 Å². The highest BCUT2D eigenvalue weighted by molar-refractivity contribution is 6.04. The molecule has 0 N–H and O–H groups in total. The quantitative estimate of drug-likeness (QED) is 0.326. The molecule has 0 saturated heterocycles. The fraction of sp³-hybridized carbons (Fsp3) is 0.579. The first kappa shape index (κ1) is 18.4. The van der Waals surface area contributed by atoms with Crippen molar-refractivity contribution in [2.75, 3.05) is 6.61 Å². The Kier molecular flexibility index (Phi) is 6.77. The van der Waals surface area contributed by atoms with Gasteiger partial charge in [0.1, 0.15) is 12.4 Å². The molecule has 0 saturated carbocycles. The fourth-order valence-corrected chi connectivity index (χ4v) is 2.66. The van der Waals surface area contributed by atoms with E-state index in [2.05, 4.69) is 18.8 Å². The molecule has 0 amide bonds. The normalized spacial score (nSPS) is 20.9. The summed E-state index contributed by atoms with van der Waals surface area (Å²) in [4.78, 5) is 22.9. The Morgan fingerprint density at radius 1 is 1.36 bits per heavy atom. The van der Waals surface area contributed by atoms with Crippen LogP contribution in [0.2, 0.25) is 0 Å². The van der Waals surface area contributed by atoms with E-state index in [0.717, 1.165) is 31.1 Å². The van der Waals surface area contributed by atoms with Gasteiger partial charge in [0, 0.05) is 28.7 Å². The van der Waals surface area contributed by atoms with Crippen molar-refractivity contribution < 1.29 is 14.3 Å². The van der Waals surface area contributed by atoms with E-state index in [-0.39, 0.29) is 5.78 Å². The predicted octanol–water partition coefficient (Wildman–Crippen LogP) is 3.64. The number of ether oxygens (including phenoxy) is 1. The maximum absolute atomic E-state index is 12.4. The lowest BCUT2D eigenvalue weighted by molar-refractivity contribution is -0.130. The lowest BCUT2D eigenvalue weighted by Gasteiger charge is -2.27. The Hall–Kier alpha value is -1.66. The van der Waals surface area contributed by atoms with Crippen LogP contribution in [-0.2, 0) is 14.3 Å². The molecular formula is C19H26O3. The third kappa shape index (κ3) is 4.18. The van der Waals surface area contributed by atoms with E-state index in [4.69, 9.17) is 4.74 Å². The smallest absolute Gasteiger partial charge is 0.189 e. The van der Waals surface area contributed by atoms with Crippen LogP contribution in [0.1, 0.15) is 53.9 Å². The number of Topliss-reactive ketones (excluding diaryl/α,β-unsaturated/α-hetero) is 1. The minimum absolute atomic E-state index is 0.0304. The molecule has 1 atom stereocenters. The first-order valence-corrected chi connectivity index (χ1v) is 7.87. The number of carbonyl (C=O) groups is 2. The molecule has 0 aromatic heterocycles. The van der Waals surface area contributed by atoms with Crippen molar-refractivity contribution in [2.45, 2.75) is 60.0 Å². The van der Waals surface area contributed by atoms with Gasteiger partial charge in [-0.2, -0.15) is 0 Å². The summed E-state index contributed by atoms with van der Waals surface area (Å²) in [5, 5.41) is 0. The van der Waals surface area contributed by atoms with Crippen LogP contribution >= 0.6 is 0 Å². The maximum atomic E-state index is 12.4. The molecule has 1 aliphatic rings. The number of unbranched alkanes of at least 4 members (excludes halogenated alkanes) is 2. The van der Waals surface area contributed by atoms with E-state index in [1.54, 1.807) is 6.92 Å². The van der Waals surface area contributed by atoms with Crippen molar-refractivity contribution in [2.24, 2.45) is 5.41 Å². The standard InChI is InChI=1S/C19H26O3/c1-6-7-8-13-22-18-17(21)15(3)16(19(18,4)5)10-9-14(2)11-12-20/h11-12,18H,6-8,13H2,1-5H3/b14-11+. The van der Waals surface area contributed by atoms with Gasteiger partial charge in [-0.15, -0.1) is 0 Å². The molecule has 0 aromatic rings. The first-order valence-electron chi connectivity index (χ1n) is 7.87. The number of carbonyl (C=O) groups excluding carboxylic acids is 2. The van der Waals surface area contributed by atoms with Crippen molar-refractivity contribution in [1.29, 1.82) is 0 Å². The summed E-state index contributed by atoms with van der Waals surface area (Å²) in [5.74, 6) is 6.04. The monoisotopic (exact) mass is 302 g/mol. The molecule has 0 spiro atoms. The Bertz CT molecular complexity index is 553.